The number of aryl methyl sites for hydroxylation is 2. The number of nitrogens with two attached hydrogens (primary N) is 1. The van der Waals surface area contributed by atoms with Crippen LogP contribution in [0.5, 0.6) is 5.75 Å². The number of phenolic OH excluding ortho intramolecular Hbond substituents is 1. The van der Waals surface area contributed by atoms with Gasteiger partial charge in [0.25, 0.3) is 0 Å². The van der Waals surface area contributed by atoms with Gasteiger partial charge in [-0.1, -0.05) is 36.4 Å². The Hall–Kier alpha value is -3.71. The molecule has 1 aliphatic rings. The maximum absolute atomic E-state index is 15.4. The highest BCUT2D eigenvalue weighted by molar-refractivity contribution is 5.93. The van der Waals surface area contributed by atoms with Gasteiger partial charge in [-0.3, -0.25) is 9.59 Å². The van der Waals surface area contributed by atoms with Gasteiger partial charge in [0, 0.05) is 19.0 Å². The third kappa shape index (κ3) is 5.41. The Bertz CT molecular complexity index is 1270. The number of anilines is 1. The molecule has 6 nitrogen and oxygen atoms in total. The highest BCUT2D eigenvalue weighted by Crippen LogP contribution is 2.37. The molecule has 1 aliphatic heterocycles. The molecule has 0 saturated carbocycles. The number of nitrogens with one attached hydrogen (secondary N) is 1. The first-order valence-electron chi connectivity index (χ1n) is 12.1. The zero-order valence-corrected chi connectivity index (χ0v) is 20.8. The van der Waals surface area contributed by atoms with Gasteiger partial charge in [0.15, 0.2) is 0 Å². The van der Waals surface area contributed by atoms with Crippen molar-refractivity contribution in [1.29, 1.82) is 0 Å². The lowest BCUT2D eigenvalue weighted by molar-refractivity contribution is -0.123. The summed E-state index contributed by atoms with van der Waals surface area (Å²) in [6.07, 6.45) is 1.30. The molecular formula is C29H32FN3O3. The molecule has 2 unspecified atom stereocenters. The molecule has 4 rings (SSSR count). The molecule has 0 spiro atoms. The first-order valence-corrected chi connectivity index (χ1v) is 12.1. The topological polar surface area (TPSA) is 95.7 Å². The molecule has 4 N–H and O–H groups in total. The van der Waals surface area contributed by atoms with Crippen LogP contribution in [-0.4, -0.2) is 29.5 Å². The number of fused-ring (bicyclic) bond motifs is 1. The van der Waals surface area contributed by atoms with Crippen molar-refractivity contribution in [3.8, 4) is 5.75 Å². The summed E-state index contributed by atoms with van der Waals surface area (Å²) in [4.78, 5) is 26.8. The predicted octanol–water partition coefficient (Wildman–Crippen LogP) is 4.22. The average molecular weight is 490 g/mol. The zero-order chi connectivity index (χ0) is 26.0. The molecule has 188 valence electrons. The first kappa shape index (κ1) is 25.4. The Morgan fingerprint density at radius 2 is 1.78 bits per heavy atom. The van der Waals surface area contributed by atoms with Crippen molar-refractivity contribution < 1.29 is 19.1 Å². The second-order valence-electron chi connectivity index (χ2n) is 9.57. The molecule has 2 atom stereocenters. The fraction of sp³-hybridized carbons (Fsp3) is 0.310. The number of rotatable bonds is 6. The van der Waals surface area contributed by atoms with Crippen LogP contribution in [0.2, 0.25) is 0 Å². The first-order chi connectivity index (χ1) is 17.1. The summed E-state index contributed by atoms with van der Waals surface area (Å²) in [5.74, 6) is -0.894. The number of carbonyl (C=O) groups excluding carboxylic acids is 2. The number of phenols is 1. The van der Waals surface area contributed by atoms with E-state index in [4.69, 9.17) is 5.73 Å². The minimum atomic E-state index is -0.821. The third-order valence-corrected chi connectivity index (χ3v) is 6.83. The normalized spacial score (nSPS) is 15.8. The summed E-state index contributed by atoms with van der Waals surface area (Å²) in [6.45, 7) is 5.46. The lowest BCUT2D eigenvalue weighted by Gasteiger charge is -2.35. The Balaban J connectivity index is 1.60. The average Bonchev–Trinajstić information content (AvgIpc) is 2.82. The summed E-state index contributed by atoms with van der Waals surface area (Å²) in [5.41, 5.74) is 11.5. The number of nitrogens with zero attached hydrogens (tertiary/aromatic N) is 1. The fourth-order valence-corrected chi connectivity index (χ4v) is 5.04. The number of benzene rings is 3. The number of hydrogen-bond acceptors (Lipinski definition) is 4. The smallest absolute Gasteiger partial charge is 0.237 e. The second kappa shape index (κ2) is 10.5. The van der Waals surface area contributed by atoms with Crippen LogP contribution in [0.15, 0.2) is 54.6 Å². The van der Waals surface area contributed by atoms with E-state index in [2.05, 4.69) is 5.32 Å². The van der Waals surface area contributed by atoms with Crippen LogP contribution in [0.1, 0.15) is 52.8 Å². The number of carbonyl (C=O) groups is 2. The van der Waals surface area contributed by atoms with Crippen LogP contribution in [0, 0.1) is 19.7 Å². The molecule has 7 heteroatoms. The number of halogens is 1. The Morgan fingerprint density at radius 3 is 2.42 bits per heavy atom. The lowest BCUT2D eigenvalue weighted by Crippen LogP contribution is -2.46. The highest BCUT2D eigenvalue weighted by atomic mass is 19.1. The van der Waals surface area contributed by atoms with Crippen LogP contribution in [-0.2, 0) is 22.4 Å². The predicted molar refractivity (Wildman–Crippen MR) is 138 cm³/mol. The zero-order valence-electron chi connectivity index (χ0n) is 20.8. The second-order valence-corrected chi connectivity index (χ2v) is 9.57. The van der Waals surface area contributed by atoms with Crippen molar-refractivity contribution in [3.05, 3.63) is 93.8 Å². The SMILES string of the molecule is CC(=O)N1CCC(NC(=O)C(N)Cc2c(C)cc(O)cc2C)c2cc(Cc3ccccc3)cc(F)c21. The van der Waals surface area contributed by atoms with E-state index in [0.717, 1.165) is 27.8 Å². The van der Waals surface area contributed by atoms with E-state index in [0.29, 0.717) is 31.4 Å². The standard InChI is InChI=1S/C29H32FN3O3/c1-17-11-22(35)12-18(2)23(17)16-26(31)29(36)32-27-9-10-33(19(3)34)28-24(27)14-21(15-25(28)30)13-20-7-5-4-6-8-20/h4-8,11-12,14-15,26-27,35H,9-10,13,16,31H2,1-3H3,(H,32,36). The minimum Gasteiger partial charge on any atom is -0.508 e. The van der Waals surface area contributed by atoms with Gasteiger partial charge in [-0.2, -0.15) is 0 Å². The molecule has 1 heterocycles. The summed E-state index contributed by atoms with van der Waals surface area (Å²) in [6, 6.07) is 15.1. The molecule has 2 amide bonds. The van der Waals surface area contributed by atoms with Crippen LogP contribution in [0.25, 0.3) is 0 Å². The fourth-order valence-electron chi connectivity index (χ4n) is 5.04. The Morgan fingerprint density at radius 1 is 1.11 bits per heavy atom. The largest absolute Gasteiger partial charge is 0.508 e. The van der Waals surface area contributed by atoms with E-state index in [-0.39, 0.29) is 23.3 Å². The molecule has 0 fully saturated rings. The van der Waals surface area contributed by atoms with Gasteiger partial charge in [-0.25, -0.2) is 4.39 Å². The van der Waals surface area contributed by atoms with E-state index in [1.54, 1.807) is 12.1 Å². The van der Waals surface area contributed by atoms with E-state index in [9.17, 15) is 14.7 Å². The molecule has 0 saturated heterocycles. The molecule has 3 aromatic rings. The van der Waals surface area contributed by atoms with E-state index in [1.807, 2.05) is 50.2 Å². The number of hydrogen-bond donors (Lipinski definition) is 3. The number of amides is 2. The van der Waals surface area contributed by atoms with Crippen LogP contribution in [0.4, 0.5) is 10.1 Å². The van der Waals surface area contributed by atoms with Crippen LogP contribution < -0.4 is 16.0 Å². The van der Waals surface area contributed by atoms with Gasteiger partial charge in [0.2, 0.25) is 11.8 Å². The molecule has 0 aliphatic carbocycles. The van der Waals surface area contributed by atoms with Crippen molar-refractivity contribution in [2.24, 2.45) is 5.73 Å². The summed E-state index contributed by atoms with van der Waals surface area (Å²) < 4.78 is 15.4. The van der Waals surface area contributed by atoms with E-state index < -0.39 is 17.9 Å². The van der Waals surface area contributed by atoms with Gasteiger partial charge >= 0.3 is 0 Å². The monoisotopic (exact) mass is 489 g/mol. The van der Waals surface area contributed by atoms with Crippen LogP contribution in [0.3, 0.4) is 0 Å². The molecule has 0 aromatic heterocycles. The molecule has 0 radical (unpaired) electrons. The van der Waals surface area contributed by atoms with Gasteiger partial charge in [0.05, 0.1) is 17.8 Å². The Labute approximate surface area is 210 Å². The van der Waals surface area contributed by atoms with Gasteiger partial charge in [0.1, 0.15) is 11.6 Å². The Kier molecular flexibility index (Phi) is 7.40. The summed E-state index contributed by atoms with van der Waals surface area (Å²) >= 11 is 0. The summed E-state index contributed by atoms with van der Waals surface area (Å²) in [7, 11) is 0. The van der Waals surface area contributed by atoms with Gasteiger partial charge in [-0.15, -0.1) is 0 Å². The van der Waals surface area contributed by atoms with Crippen LogP contribution >= 0.6 is 0 Å². The third-order valence-electron chi connectivity index (χ3n) is 6.83. The molecule has 0 bridgehead atoms. The van der Waals surface area contributed by atoms with Crippen molar-refractivity contribution in [2.45, 2.75) is 52.1 Å². The van der Waals surface area contributed by atoms with E-state index >= 15 is 4.39 Å². The van der Waals surface area contributed by atoms with E-state index in [1.165, 1.54) is 17.9 Å². The highest BCUT2D eigenvalue weighted by Gasteiger charge is 2.32. The molecule has 36 heavy (non-hydrogen) atoms. The van der Waals surface area contributed by atoms with Gasteiger partial charge in [-0.05, 0) is 79.1 Å². The van der Waals surface area contributed by atoms with Crippen molar-refractivity contribution >= 4 is 17.5 Å². The van der Waals surface area contributed by atoms with Crippen molar-refractivity contribution in [1.82, 2.24) is 5.32 Å². The van der Waals surface area contributed by atoms with Crippen molar-refractivity contribution in [3.63, 3.8) is 0 Å². The number of aromatic hydroxyl groups is 1. The molecule has 3 aromatic carbocycles. The summed E-state index contributed by atoms with van der Waals surface area (Å²) in [5, 5.41) is 12.8. The molecular weight excluding hydrogens is 457 g/mol. The van der Waals surface area contributed by atoms with Crippen molar-refractivity contribution in [2.75, 3.05) is 11.4 Å². The maximum Gasteiger partial charge on any atom is 0.237 e. The van der Waals surface area contributed by atoms with Gasteiger partial charge < -0.3 is 21.1 Å². The lowest BCUT2D eigenvalue weighted by atomic mass is 9.91. The maximum atomic E-state index is 15.4. The quantitative estimate of drug-likeness (QED) is 0.483. The minimum absolute atomic E-state index is 0.175.